The van der Waals surface area contributed by atoms with Crippen molar-refractivity contribution < 1.29 is 23.4 Å². The van der Waals surface area contributed by atoms with Gasteiger partial charge in [0, 0.05) is 17.6 Å². The molecule has 0 unspecified atom stereocenters. The second kappa shape index (κ2) is 8.37. The zero-order valence-corrected chi connectivity index (χ0v) is 15.3. The predicted octanol–water partition coefficient (Wildman–Crippen LogP) is 4.74. The standard InChI is InChI=1S/C18H16FN3O4S/c1-24-14-4-3-5-15(16(14)25-2)26-13-7-6-11(19)10-12(13)21-17(23)22-18-20-8-9-27-18/h3-10H,1-2H3,(H2,20,21,22,23). The number of anilines is 2. The van der Waals surface area contributed by atoms with Crippen molar-refractivity contribution in [3.05, 3.63) is 53.8 Å². The summed E-state index contributed by atoms with van der Waals surface area (Å²) in [6, 6.07) is 8.34. The van der Waals surface area contributed by atoms with E-state index in [1.807, 2.05) is 0 Å². The Morgan fingerprint density at radius 1 is 1.07 bits per heavy atom. The number of carbonyl (C=O) groups is 1. The number of para-hydroxylation sites is 1. The highest BCUT2D eigenvalue weighted by molar-refractivity contribution is 7.13. The molecular formula is C18H16FN3O4S. The summed E-state index contributed by atoms with van der Waals surface area (Å²) in [7, 11) is 2.99. The second-order valence-corrected chi connectivity index (χ2v) is 6.05. The quantitative estimate of drug-likeness (QED) is 0.637. The van der Waals surface area contributed by atoms with E-state index in [1.54, 1.807) is 29.8 Å². The lowest BCUT2D eigenvalue weighted by Gasteiger charge is -2.16. The lowest BCUT2D eigenvalue weighted by atomic mass is 10.2. The zero-order valence-electron chi connectivity index (χ0n) is 14.5. The average Bonchev–Trinajstić information content (AvgIpc) is 3.16. The van der Waals surface area contributed by atoms with E-state index in [-0.39, 0.29) is 11.4 Å². The highest BCUT2D eigenvalue weighted by Crippen LogP contribution is 2.41. The lowest BCUT2D eigenvalue weighted by Crippen LogP contribution is -2.19. The fourth-order valence-electron chi connectivity index (χ4n) is 2.28. The van der Waals surface area contributed by atoms with Gasteiger partial charge < -0.3 is 19.5 Å². The molecule has 0 spiro atoms. The fourth-order valence-corrected chi connectivity index (χ4v) is 2.81. The van der Waals surface area contributed by atoms with Crippen molar-refractivity contribution in [2.24, 2.45) is 0 Å². The molecule has 1 aromatic heterocycles. The van der Waals surface area contributed by atoms with Gasteiger partial charge in [-0.25, -0.2) is 14.2 Å². The van der Waals surface area contributed by atoms with Gasteiger partial charge in [-0.15, -0.1) is 11.3 Å². The van der Waals surface area contributed by atoms with E-state index in [2.05, 4.69) is 15.6 Å². The van der Waals surface area contributed by atoms with Crippen LogP contribution in [0, 0.1) is 5.82 Å². The van der Waals surface area contributed by atoms with Gasteiger partial charge in [0.2, 0.25) is 5.75 Å². The van der Waals surface area contributed by atoms with Gasteiger partial charge in [-0.2, -0.15) is 0 Å². The molecule has 0 saturated carbocycles. The molecule has 1 heterocycles. The van der Waals surface area contributed by atoms with E-state index >= 15 is 0 Å². The molecule has 0 aliphatic carbocycles. The number of ether oxygens (including phenoxy) is 3. The number of thiazole rings is 1. The monoisotopic (exact) mass is 389 g/mol. The summed E-state index contributed by atoms with van der Waals surface area (Å²) in [5.41, 5.74) is 0.147. The number of nitrogens with zero attached hydrogens (tertiary/aromatic N) is 1. The van der Waals surface area contributed by atoms with Crippen LogP contribution in [0.5, 0.6) is 23.0 Å². The third-order valence-corrected chi connectivity index (χ3v) is 4.12. The topological polar surface area (TPSA) is 81.7 Å². The van der Waals surface area contributed by atoms with Crippen LogP contribution in [0.2, 0.25) is 0 Å². The van der Waals surface area contributed by atoms with Crippen molar-refractivity contribution in [3.8, 4) is 23.0 Å². The Kier molecular flexibility index (Phi) is 5.72. The molecule has 7 nitrogen and oxygen atoms in total. The van der Waals surface area contributed by atoms with Gasteiger partial charge in [-0.05, 0) is 24.3 Å². The van der Waals surface area contributed by atoms with Crippen LogP contribution in [0.1, 0.15) is 0 Å². The largest absolute Gasteiger partial charge is 0.493 e. The Hall–Kier alpha value is -3.33. The van der Waals surface area contributed by atoms with Gasteiger partial charge in [-0.3, -0.25) is 5.32 Å². The Bertz CT molecular complexity index is 934. The van der Waals surface area contributed by atoms with Crippen molar-refractivity contribution in [2.45, 2.75) is 0 Å². The predicted molar refractivity (Wildman–Crippen MR) is 101 cm³/mol. The molecule has 3 aromatic rings. The Morgan fingerprint density at radius 2 is 1.89 bits per heavy atom. The van der Waals surface area contributed by atoms with Crippen LogP contribution in [0.4, 0.5) is 20.0 Å². The molecule has 3 rings (SSSR count). The third-order valence-electron chi connectivity index (χ3n) is 3.43. The molecule has 0 saturated heterocycles. The summed E-state index contributed by atoms with van der Waals surface area (Å²) < 4.78 is 30.1. The summed E-state index contributed by atoms with van der Waals surface area (Å²) in [6.45, 7) is 0. The van der Waals surface area contributed by atoms with E-state index in [0.29, 0.717) is 22.4 Å². The number of amides is 2. The Labute approximate surface area is 158 Å². The number of halogens is 1. The van der Waals surface area contributed by atoms with Crippen LogP contribution >= 0.6 is 11.3 Å². The first-order valence-electron chi connectivity index (χ1n) is 7.76. The number of benzene rings is 2. The molecule has 2 aromatic carbocycles. The molecule has 9 heteroatoms. The van der Waals surface area contributed by atoms with Crippen molar-refractivity contribution in [2.75, 3.05) is 24.9 Å². The van der Waals surface area contributed by atoms with E-state index in [9.17, 15) is 9.18 Å². The van der Waals surface area contributed by atoms with Gasteiger partial charge in [0.25, 0.3) is 0 Å². The molecule has 0 aliphatic heterocycles. The fraction of sp³-hybridized carbons (Fsp3) is 0.111. The van der Waals surface area contributed by atoms with Crippen molar-refractivity contribution in [1.29, 1.82) is 0 Å². The summed E-state index contributed by atoms with van der Waals surface area (Å²) in [4.78, 5) is 16.1. The van der Waals surface area contributed by atoms with Crippen molar-refractivity contribution in [3.63, 3.8) is 0 Å². The number of hydrogen-bond donors (Lipinski definition) is 2. The van der Waals surface area contributed by atoms with Crippen molar-refractivity contribution >= 4 is 28.2 Å². The Balaban J connectivity index is 1.85. The number of methoxy groups -OCH3 is 2. The molecule has 2 amide bonds. The Morgan fingerprint density at radius 3 is 2.59 bits per heavy atom. The van der Waals surface area contributed by atoms with E-state index in [1.165, 1.54) is 37.7 Å². The number of hydrogen-bond acceptors (Lipinski definition) is 6. The maximum absolute atomic E-state index is 13.7. The van der Waals surface area contributed by atoms with Crippen LogP contribution in [0.3, 0.4) is 0 Å². The number of aromatic nitrogens is 1. The van der Waals surface area contributed by atoms with Gasteiger partial charge in [0.05, 0.1) is 19.9 Å². The highest BCUT2D eigenvalue weighted by atomic mass is 32.1. The van der Waals surface area contributed by atoms with Gasteiger partial charge >= 0.3 is 6.03 Å². The van der Waals surface area contributed by atoms with Gasteiger partial charge in [0.1, 0.15) is 5.82 Å². The smallest absolute Gasteiger partial charge is 0.325 e. The van der Waals surface area contributed by atoms with Gasteiger partial charge in [0.15, 0.2) is 22.4 Å². The first-order chi connectivity index (χ1) is 13.1. The molecule has 0 atom stereocenters. The van der Waals surface area contributed by atoms with Crippen LogP contribution in [-0.4, -0.2) is 25.2 Å². The van der Waals surface area contributed by atoms with E-state index in [4.69, 9.17) is 14.2 Å². The summed E-state index contributed by atoms with van der Waals surface area (Å²) in [5.74, 6) is 0.921. The lowest BCUT2D eigenvalue weighted by molar-refractivity contribution is 0.262. The molecule has 0 bridgehead atoms. The number of nitrogens with one attached hydrogen (secondary N) is 2. The average molecular weight is 389 g/mol. The van der Waals surface area contributed by atoms with Gasteiger partial charge in [-0.1, -0.05) is 6.07 Å². The SMILES string of the molecule is COc1cccc(Oc2ccc(F)cc2NC(=O)Nc2nccs2)c1OC. The molecule has 0 aliphatic rings. The minimum absolute atomic E-state index is 0.147. The molecule has 140 valence electrons. The molecule has 0 fully saturated rings. The maximum atomic E-state index is 13.7. The number of carbonyl (C=O) groups excluding carboxylic acids is 1. The minimum atomic E-state index is -0.571. The highest BCUT2D eigenvalue weighted by Gasteiger charge is 2.15. The number of urea groups is 1. The summed E-state index contributed by atoms with van der Waals surface area (Å²) in [6.07, 6.45) is 1.56. The second-order valence-electron chi connectivity index (χ2n) is 5.15. The molecule has 2 N–H and O–H groups in total. The summed E-state index contributed by atoms with van der Waals surface area (Å²) >= 11 is 1.26. The molecule has 27 heavy (non-hydrogen) atoms. The van der Waals surface area contributed by atoms with Crippen LogP contribution in [0.25, 0.3) is 0 Å². The van der Waals surface area contributed by atoms with Crippen LogP contribution in [-0.2, 0) is 0 Å². The van der Waals surface area contributed by atoms with Crippen LogP contribution in [0.15, 0.2) is 48.0 Å². The maximum Gasteiger partial charge on any atom is 0.325 e. The molecular weight excluding hydrogens is 373 g/mol. The van der Waals surface area contributed by atoms with E-state index in [0.717, 1.165) is 6.07 Å². The van der Waals surface area contributed by atoms with Crippen molar-refractivity contribution in [1.82, 2.24) is 4.98 Å². The first kappa shape index (κ1) is 18.5. The minimum Gasteiger partial charge on any atom is -0.493 e. The molecule has 0 radical (unpaired) electrons. The zero-order chi connectivity index (χ0) is 19.2. The van der Waals surface area contributed by atoms with E-state index < -0.39 is 11.8 Å². The first-order valence-corrected chi connectivity index (χ1v) is 8.64. The van der Waals surface area contributed by atoms with Crippen LogP contribution < -0.4 is 24.8 Å². The third kappa shape index (κ3) is 4.45. The normalized spacial score (nSPS) is 10.2. The number of rotatable bonds is 6. The summed E-state index contributed by atoms with van der Waals surface area (Å²) in [5, 5.41) is 7.25.